The summed E-state index contributed by atoms with van der Waals surface area (Å²) < 4.78 is 5.09. The Balaban J connectivity index is 1.60. The number of H-pyrrole nitrogens is 1. The van der Waals surface area contributed by atoms with Crippen LogP contribution in [0.25, 0.3) is 0 Å². The number of aryl methyl sites for hydroxylation is 1. The van der Waals surface area contributed by atoms with Gasteiger partial charge >= 0.3 is 0 Å². The number of benzene rings is 1. The summed E-state index contributed by atoms with van der Waals surface area (Å²) in [6.07, 6.45) is 5.27. The Kier molecular flexibility index (Phi) is 6.15. The molecule has 0 spiro atoms. The number of nitrogens with zero attached hydrogens (tertiary/aromatic N) is 1. The van der Waals surface area contributed by atoms with E-state index in [2.05, 4.69) is 15.3 Å². The number of carbonyl (C=O) groups is 1. The van der Waals surface area contributed by atoms with Crippen LogP contribution in [0.3, 0.4) is 0 Å². The lowest BCUT2D eigenvalue weighted by atomic mass is 10.3. The average Bonchev–Trinajstić information content (AvgIpc) is 3.03. The molecule has 0 saturated carbocycles. The number of imidazole rings is 1. The molecule has 0 bridgehead atoms. The summed E-state index contributed by atoms with van der Waals surface area (Å²) in [6.45, 7) is 0.669. The van der Waals surface area contributed by atoms with Gasteiger partial charge in [-0.3, -0.25) is 4.79 Å². The molecule has 6 heteroatoms. The molecule has 1 aromatic heterocycles. The van der Waals surface area contributed by atoms with Gasteiger partial charge in [-0.15, -0.1) is 11.8 Å². The molecular weight excluding hydrogens is 286 g/mol. The third kappa shape index (κ3) is 5.51. The zero-order valence-electron chi connectivity index (χ0n) is 12.0. The highest BCUT2D eigenvalue weighted by Crippen LogP contribution is 2.20. The van der Waals surface area contributed by atoms with Gasteiger partial charge in [0.2, 0.25) is 5.91 Å². The SMILES string of the molecule is COc1ccc(SCC(=O)NCCCc2ncc[nH]2)cc1. The van der Waals surface area contributed by atoms with E-state index in [0.29, 0.717) is 12.3 Å². The minimum atomic E-state index is 0.0512. The van der Waals surface area contributed by atoms with E-state index in [-0.39, 0.29) is 5.91 Å². The minimum Gasteiger partial charge on any atom is -0.497 e. The van der Waals surface area contributed by atoms with Gasteiger partial charge in [0.15, 0.2) is 0 Å². The first kappa shape index (κ1) is 15.4. The standard InChI is InChI=1S/C15H19N3O2S/c1-20-12-4-6-13(7-5-12)21-11-15(19)18-8-2-3-14-16-9-10-17-14/h4-7,9-10H,2-3,8,11H2,1H3,(H,16,17)(H,18,19). The van der Waals surface area contributed by atoms with Gasteiger partial charge in [-0.05, 0) is 30.7 Å². The lowest BCUT2D eigenvalue weighted by molar-refractivity contribution is -0.118. The molecule has 1 heterocycles. The van der Waals surface area contributed by atoms with Gasteiger partial charge in [0.05, 0.1) is 12.9 Å². The topological polar surface area (TPSA) is 67.0 Å². The van der Waals surface area contributed by atoms with Crippen LogP contribution in [0.2, 0.25) is 0 Å². The fourth-order valence-electron chi connectivity index (χ4n) is 1.79. The molecule has 21 heavy (non-hydrogen) atoms. The van der Waals surface area contributed by atoms with Crippen molar-refractivity contribution in [3.05, 3.63) is 42.5 Å². The van der Waals surface area contributed by atoms with Gasteiger partial charge < -0.3 is 15.0 Å². The quantitative estimate of drug-likeness (QED) is 0.580. The first-order valence-corrected chi connectivity index (χ1v) is 7.78. The van der Waals surface area contributed by atoms with Crippen molar-refractivity contribution in [3.63, 3.8) is 0 Å². The van der Waals surface area contributed by atoms with Crippen LogP contribution in [0.5, 0.6) is 5.75 Å². The van der Waals surface area contributed by atoms with Crippen molar-refractivity contribution in [2.45, 2.75) is 17.7 Å². The number of carbonyl (C=O) groups excluding carboxylic acids is 1. The number of hydrogen-bond donors (Lipinski definition) is 2. The highest BCUT2D eigenvalue weighted by atomic mass is 32.2. The molecule has 0 fully saturated rings. The van der Waals surface area contributed by atoms with Crippen molar-refractivity contribution in [1.82, 2.24) is 15.3 Å². The third-order valence-electron chi connectivity index (χ3n) is 2.90. The van der Waals surface area contributed by atoms with Crippen molar-refractivity contribution in [2.75, 3.05) is 19.4 Å². The van der Waals surface area contributed by atoms with Gasteiger partial charge in [-0.2, -0.15) is 0 Å². The Labute approximate surface area is 128 Å². The van der Waals surface area contributed by atoms with E-state index in [1.165, 1.54) is 11.8 Å². The molecule has 0 unspecified atom stereocenters. The summed E-state index contributed by atoms with van der Waals surface area (Å²) in [5, 5.41) is 2.91. The summed E-state index contributed by atoms with van der Waals surface area (Å²) in [5.41, 5.74) is 0. The molecule has 2 N–H and O–H groups in total. The van der Waals surface area contributed by atoms with Crippen LogP contribution in [0.1, 0.15) is 12.2 Å². The number of amides is 1. The van der Waals surface area contributed by atoms with Crippen LogP contribution in [0, 0.1) is 0 Å². The number of rotatable bonds is 8. The number of methoxy groups -OCH3 is 1. The first-order chi connectivity index (χ1) is 10.3. The van der Waals surface area contributed by atoms with Gasteiger partial charge in [-0.25, -0.2) is 4.98 Å². The van der Waals surface area contributed by atoms with E-state index in [1.807, 2.05) is 24.3 Å². The maximum atomic E-state index is 11.7. The van der Waals surface area contributed by atoms with E-state index in [1.54, 1.807) is 19.5 Å². The normalized spacial score (nSPS) is 10.3. The number of hydrogen-bond acceptors (Lipinski definition) is 4. The van der Waals surface area contributed by atoms with E-state index in [4.69, 9.17) is 4.74 Å². The van der Waals surface area contributed by atoms with Crippen molar-refractivity contribution in [3.8, 4) is 5.75 Å². The van der Waals surface area contributed by atoms with E-state index >= 15 is 0 Å². The first-order valence-electron chi connectivity index (χ1n) is 6.80. The fourth-order valence-corrected chi connectivity index (χ4v) is 2.52. The molecule has 1 aromatic carbocycles. The lowest BCUT2D eigenvalue weighted by Crippen LogP contribution is -2.26. The molecular formula is C15H19N3O2S. The Morgan fingerprint density at radius 2 is 2.19 bits per heavy atom. The number of aromatic nitrogens is 2. The fraction of sp³-hybridized carbons (Fsp3) is 0.333. The highest BCUT2D eigenvalue weighted by Gasteiger charge is 2.03. The van der Waals surface area contributed by atoms with Gasteiger partial charge in [-0.1, -0.05) is 0 Å². The monoisotopic (exact) mass is 305 g/mol. The number of aromatic amines is 1. The largest absolute Gasteiger partial charge is 0.497 e. The second kappa shape index (κ2) is 8.36. The Hall–Kier alpha value is -1.95. The van der Waals surface area contributed by atoms with Crippen molar-refractivity contribution >= 4 is 17.7 Å². The van der Waals surface area contributed by atoms with Crippen molar-refractivity contribution in [2.24, 2.45) is 0 Å². The maximum absolute atomic E-state index is 11.7. The summed E-state index contributed by atoms with van der Waals surface area (Å²) in [6, 6.07) is 7.69. The van der Waals surface area contributed by atoms with Crippen LogP contribution < -0.4 is 10.1 Å². The maximum Gasteiger partial charge on any atom is 0.230 e. The predicted molar refractivity (Wildman–Crippen MR) is 83.6 cm³/mol. The summed E-state index contributed by atoms with van der Waals surface area (Å²) >= 11 is 1.52. The molecule has 0 aliphatic heterocycles. The lowest BCUT2D eigenvalue weighted by Gasteiger charge is -2.05. The highest BCUT2D eigenvalue weighted by molar-refractivity contribution is 8.00. The van der Waals surface area contributed by atoms with Gasteiger partial charge in [0, 0.05) is 30.3 Å². The average molecular weight is 305 g/mol. The number of thioether (sulfide) groups is 1. The van der Waals surface area contributed by atoms with E-state index in [0.717, 1.165) is 29.3 Å². The number of nitrogens with one attached hydrogen (secondary N) is 2. The summed E-state index contributed by atoms with van der Waals surface area (Å²) in [4.78, 5) is 20.0. The zero-order chi connectivity index (χ0) is 14.9. The third-order valence-corrected chi connectivity index (χ3v) is 3.91. The van der Waals surface area contributed by atoms with Crippen LogP contribution >= 0.6 is 11.8 Å². The van der Waals surface area contributed by atoms with Crippen LogP contribution in [-0.4, -0.2) is 35.3 Å². The van der Waals surface area contributed by atoms with Gasteiger partial charge in [0.25, 0.3) is 0 Å². The van der Waals surface area contributed by atoms with Crippen LogP contribution in [0.15, 0.2) is 41.6 Å². The van der Waals surface area contributed by atoms with Crippen LogP contribution in [-0.2, 0) is 11.2 Å². The molecule has 0 aliphatic carbocycles. The molecule has 0 aliphatic rings. The second-order valence-electron chi connectivity index (χ2n) is 4.45. The van der Waals surface area contributed by atoms with E-state index < -0.39 is 0 Å². The Morgan fingerprint density at radius 1 is 1.38 bits per heavy atom. The molecule has 1 amide bonds. The number of ether oxygens (including phenoxy) is 1. The molecule has 2 rings (SSSR count). The molecule has 2 aromatic rings. The Bertz CT molecular complexity index is 541. The Morgan fingerprint density at radius 3 is 2.86 bits per heavy atom. The smallest absolute Gasteiger partial charge is 0.230 e. The predicted octanol–water partition coefficient (Wildman–Crippen LogP) is 2.26. The van der Waals surface area contributed by atoms with Crippen LogP contribution in [0.4, 0.5) is 0 Å². The van der Waals surface area contributed by atoms with Crippen molar-refractivity contribution < 1.29 is 9.53 Å². The van der Waals surface area contributed by atoms with E-state index in [9.17, 15) is 4.79 Å². The minimum absolute atomic E-state index is 0.0512. The molecule has 112 valence electrons. The summed E-state index contributed by atoms with van der Waals surface area (Å²) in [7, 11) is 1.64. The second-order valence-corrected chi connectivity index (χ2v) is 5.50. The molecule has 0 saturated heterocycles. The molecule has 5 nitrogen and oxygen atoms in total. The molecule has 0 radical (unpaired) electrons. The van der Waals surface area contributed by atoms with Crippen molar-refractivity contribution in [1.29, 1.82) is 0 Å². The summed E-state index contributed by atoms with van der Waals surface area (Å²) in [5.74, 6) is 2.25. The molecule has 0 atom stereocenters. The zero-order valence-corrected chi connectivity index (χ0v) is 12.8. The van der Waals surface area contributed by atoms with Gasteiger partial charge in [0.1, 0.15) is 11.6 Å².